The highest BCUT2D eigenvalue weighted by molar-refractivity contribution is 5.70. The van der Waals surface area contributed by atoms with Crippen LogP contribution in [0.15, 0.2) is 30.3 Å². The Hall–Kier alpha value is -1.59. The average Bonchev–Trinajstić information content (AvgIpc) is 2.46. The molecule has 5 heteroatoms. The van der Waals surface area contributed by atoms with E-state index in [0.717, 1.165) is 39.1 Å². The van der Waals surface area contributed by atoms with Crippen molar-refractivity contribution < 1.29 is 9.53 Å². The summed E-state index contributed by atoms with van der Waals surface area (Å²) in [5.41, 5.74) is 0. The van der Waals surface area contributed by atoms with E-state index in [1.54, 1.807) is 12.1 Å². The molecule has 19 heavy (non-hydrogen) atoms. The first-order valence-electron chi connectivity index (χ1n) is 6.78. The van der Waals surface area contributed by atoms with Gasteiger partial charge in [0.1, 0.15) is 5.75 Å². The van der Waals surface area contributed by atoms with Gasteiger partial charge in [0.25, 0.3) is 0 Å². The number of hydrogen-bond donors (Lipinski definition) is 2. The van der Waals surface area contributed by atoms with Crippen LogP contribution in [-0.4, -0.2) is 50.3 Å². The summed E-state index contributed by atoms with van der Waals surface area (Å²) in [6, 6.07) is 9.10. The topological polar surface area (TPSA) is 53.6 Å². The molecule has 1 amide bonds. The maximum atomic E-state index is 11.5. The highest BCUT2D eigenvalue weighted by Gasteiger charge is 2.09. The van der Waals surface area contributed by atoms with Crippen LogP contribution >= 0.6 is 0 Å². The summed E-state index contributed by atoms with van der Waals surface area (Å²) in [5.74, 6) is 0.571. The zero-order valence-corrected chi connectivity index (χ0v) is 11.1. The summed E-state index contributed by atoms with van der Waals surface area (Å²) < 4.78 is 5.13. The molecule has 0 spiro atoms. The van der Waals surface area contributed by atoms with Gasteiger partial charge in [0.15, 0.2) is 0 Å². The highest BCUT2D eigenvalue weighted by atomic mass is 16.5. The standard InChI is InChI=1S/C14H21N3O2/c18-14(19-13-5-2-1-3-6-13)16-7-4-10-17-11-8-15-9-12-17/h1-3,5-6,15H,4,7-12H2,(H,16,18). The van der Waals surface area contributed by atoms with Gasteiger partial charge in [0.2, 0.25) is 0 Å². The number of carbonyl (C=O) groups excluding carboxylic acids is 1. The molecule has 5 nitrogen and oxygen atoms in total. The van der Waals surface area contributed by atoms with Crippen molar-refractivity contribution in [3.63, 3.8) is 0 Å². The quantitative estimate of drug-likeness (QED) is 0.780. The molecular formula is C14H21N3O2. The van der Waals surface area contributed by atoms with Gasteiger partial charge in [0.05, 0.1) is 0 Å². The Bertz CT molecular complexity index is 378. The summed E-state index contributed by atoms with van der Waals surface area (Å²) >= 11 is 0. The number of nitrogens with zero attached hydrogens (tertiary/aromatic N) is 1. The van der Waals surface area contributed by atoms with Gasteiger partial charge in [0, 0.05) is 32.7 Å². The van der Waals surface area contributed by atoms with Crippen molar-refractivity contribution >= 4 is 6.09 Å². The van der Waals surface area contributed by atoms with E-state index in [-0.39, 0.29) is 6.09 Å². The van der Waals surface area contributed by atoms with Crippen LogP contribution in [0.1, 0.15) is 6.42 Å². The van der Waals surface area contributed by atoms with Crippen LogP contribution in [0, 0.1) is 0 Å². The Morgan fingerprint density at radius 3 is 2.74 bits per heavy atom. The maximum Gasteiger partial charge on any atom is 0.412 e. The third-order valence-corrected chi connectivity index (χ3v) is 3.08. The van der Waals surface area contributed by atoms with Crippen LogP contribution in [0.3, 0.4) is 0 Å². The fraction of sp³-hybridized carbons (Fsp3) is 0.500. The van der Waals surface area contributed by atoms with Crippen molar-refractivity contribution in [2.75, 3.05) is 39.3 Å². The fourth-order valence-corrected chi connectivity index (χ4v) is 2.06. The van der Waals surface area contributed by atoms with Crippen molar-refractivity contribution in [1.82, 2.24) is 15.5 Å². The monoisotopic (exact) mass is 263 g/mol. The van der Waals surface area contributed by atoms with Gasteiger partial charge in [-0.05, 0) is 25.1 Å². The van der Waals surface area contributed by atoms with Gasteiger partial charge in [-0.3, -0.25) is 0 Å². The Balaban J connectivity index is 1.56. The molecule has 1 aliphatic heterocycles. The van der Waals surface area contributed by atoms with Gasteiger partial charge < -0.3 is 20.3 Å². The predicted octanol–water partition coefficient (Wildman–Crippen LogP) is 1.07. The molecule has 0 radical (unpaired) electrons. The summed E-state index contributed by atoms with van der Waals surface area (Å²) in [5, 5.41) is 6.09. The van der Waals surface area contributed by atoms with Crippen molar-refractivity contribution in [3.8, 4) is 5.75 Å². The molecule has 0 saturated carbocycles. The molecule has 1 aromatic carbocycles. The minimum atomic E-state index is -0.383. The molecule has 1 heterocycles. The second kappa shape index (κ2) is 7.76. The first-order valence-corrected chi connectivity index (χ1v) is 6.78. The second-order valence-corrected chi connectivity index (χ2v) is 4.57. The van der Waals surface area contributed by atoms with E-state index in [1.807, 2.05) is 18.2 Å². The van der Waals surface area contributed by atoms with Crippen molar-refractivity contribution in [3.05, 3.63) is 30.3 Å². The predicted molar refractivity (Wildman–Crippen MR) is 74.4 cm³/mol. The number of carbonyl (C=O) groups is 1. The lowest BCUT2D eigenvalue weighted by Crippen LogP contribution is -2.44. The summed E-state index contributed by atoms with van der Waals surface area (Å²) in [7, 11) is 0. The van der Waals surface area contributed by atoms with Crippen molar-refractivity contribution in [2.24, 2.45) is 0 Å². The van der Waals surface area contributed by atoms with E-state index in [9.17, 15) is 4.79 Å². The minimum Gasteiger partial charge on any atom is -0.410 e. The summed E-state index contributed by atoms with van der Waals surface area (Å²) in [6.45, 7) is 5.97. The maximum absolute atomic E-state index is 11.5. The van der Waals surface area contributed by atoms with Gasteiger partial charge in [-0.2, -0.15) is 0 Å². The molecule has 1 aromatic rings. The molecule has 0 atom stereocenters. The van der Waals surface area contributed by atoms with E-state index in [2.05, 4.69) is 15.5 Å². The van der Waals surface area contributed by atoms with Gasteiger partial charge in [-0.25, -0.2) is 4.79 Å². The number of nitrogens with one attached hydrogen (secondary N) is 2. The molecule has 104 valence electrons. The number of rotatable bonds is 5. The zero-order valence-electron chi connectivity index (χ0n) is 11.1. The van der Waals surface area contributed by atoms with Gasteiger partial charge in [-0.1, -0.05) is 18.2 Å². The number of ether oxygens (including phenoxy) is 1. The van der Waals surface area contributed by atoms with E-state index in [0.29, 0.717) is 12.3 Å². The molecule has 2 N–H and O–H groups in total. The Kier molecular flexibility index (Phi) is 5.65. The molecule has 1 saturated heterocycles. The molecular weight excluding hydrogens is 242 g/mol. The Morgan fingerprint density at radius 1 is 1.26 bits per heavy atom. The largest absolute Gasteiger partial charge is 0.412 e. The third kappa shape index (κ3) is 5.28. The SMILES string of the molecule is O=C(NCCCN1CCNCC1)Oc1ccccc1. The smallest absolute Gasteiger partial charge is 0.410 e. The second-order valence-electron chi connectivity index (χ2n) is 4.57. The number of piperazine rings is 1. The Morgan fingerprint density at radius 2 is 2.00 bits per heavy atom. The number of amides is 1. The van der Waals surface area contributed by atoms with Crippen LogP contribution in [0.2, 0.25) is 0 Å². The molecule has 0 bridgehead atoms. The van der Waals surface area contributed by atoms with Crippen LogP contribution < -0.4 is 15.4 Å². The highest BCUT2D eigenvalue weighted by Crippen LogP contribution is 2.07. The molecule has 2 rings (SSSR count). The van der Waals surface area contributed by atoms with Crippen LogP contribution in [0.25, 0.3) is 0 Å². The molecule has 0 unspecified atom stereocenters. The molecule has 1 fully saturated rings. The van der Waals surface area contributed by atoms with Crippen LogP contribution in [0.5, 0.6) is 5.75 Å². The molecule has 0 aliphatic carbocycles. The van der Waals surface area contributed by atoms with Gasteiger partial charge >= 0.3 is 6.09 Å². The normalized spacial score (nSPS) is 16.0. The first kappa shape index (κ1) is 13.8. The molecule has 0 aromatic heterocycles. The minimum absolute atomic E-state index is 0.383. The first-order chi connectivity index (χ1) is 9.34. The van der Waals surface area contributed by atoms with Gasteiger partial charge in [-0.15, -0.1) is 0 Å². The summed E-state index contributed by atoms with van der Waals surface area (Å²) in [4.78, 5) is 13.9. The number of para-hydroxylation sites is 1. The molecule has 1 aliphatic rings. The fourth-order valence-electron chi connectivity index (χ4n) is 2.06. The van der Waals surface area contributed by atoms with E-state index >= 15 is 0 Å². The lowest BCUT2D eigenvalue weighted by Gasteiger charge is -2.26. The van der Waals surface area contributed by atoms with E-state index in [4.69, 9.17) is 4.74 Å². The number of hydrogen-bond acceptors (Lipinski definition) is 4. The van der Waals surface area contributed by atoms with E-state index in [1.165, 1.54) is 0 Å². The lowest BCUT2D eigenvalue weighted by molar-refractivity contribution is 0.198. The van der Waals surface area contributed by atoms with Crippen LogP contribution in [0.4, 0.5) is 4.79 Å². The zero-order chi connectivity index (χ0) is 13.3. The van der Waals surface area contributed by atoms with E-state index < -0.39 is 0 Å². The van der Waals surface area contributed by atoms with Crippen molar-refractivity contribution in [2.45, 2.75) is 6.42 Å². The van der Waals surface area contributed by atoms with Crippen LogP contribution in [-0.2, 0) is 0 Å². The third-order valence-electron chi connectivity index (χ3n) is 3.08. The summed E-state index contributed by atoms with van der Waals surface area (Å²) in [6.07, 6.45) is 0.565. The number of benzene rings is 1. The lowest BCUT2D eigenvalue weighted by atomic mass is 10.3. The Labute approximate surface area is 113 Å². The average molecular weight is 263 g/mol. The van der Waals surface area contributed by atoms with Crippen molar-refractivity contribution in [1.29, 1.82) is 0 Å².